The smallest absolute Gasteiger partial charge is 0.412 e. The molecule has 12 heteroatoms. The number of nitrogens with one attached hydrogen (secondary N) is 1. The van der Waals surface area contributed by atoms with Crippen LogP contribution in [0.3, 0.4) is 0 Å². The number of pyridine rings is 2. The molecule has 10 nitrogen and oxygen atoms in total. The Morgan fingerprint density at radius 3 is 2.73 bits per heavy atom. The number of aryl methyl sites for hydroxylation is 1. The number of amides is 1. The number of carbonyl (C=O) groups excluding carboxylic acids is 1. The zero-order valence-corrected chi connectivity index (χ0v) is 20.9. The minimum Gasteiger partial charge on any atom is -0.480 e. The fourth-order valence-electron chi connectivity index (χ4n) is 3.55. The number of thiazole rings is 1. The summed E-state index contributed by atoms with van der Waals surface area (Å²) in [6, 6.07) is 8.38. The van der Waals surface area contributed by atoms with Crippen LogP contribution in [0.1, 0.15) is 12.5 Å². The summed E-state index contributed by atoms with van der Waals surface area (Å²) in [5.41, 5.74) is 3.98. The van der Waals surface area contributed by atoms with Crippen molar-refractivity contribution in [2.24, 2.45) is 0 Å². The highest BCUT2D eigenvalue weighted by atomic mass is 32.1. The van der Waals surface area contributed by atoms with E-state index in [2.05, 4.69) is 30.2 Å². The molecule has 0 bridgehead atoms. The van der Waals surface area contributed by atoms with Gasteiger partial charge in [0.15, 0.2) is 5.82 Å². The van der Waals surface area contributed by atoms with E-state index < -0.39 is 18.0 Å². The second kappa shape index (κ2) is 10.3. The maximum absolute atomic E-state index is 14.7. The molecule has 188 valence electrons. The second-order valence-electron chi connectivity index (χ2n) is 8.10. The van der Waals surface area contributed by atoms with Crippen LogP contribution in [0.5, 0.6) is 11.8 Å². The normalized spacial score (nSPS) is 11.9. The first-order valence-corrected chi connectivity index (χ1v) is 12.0. The third-order valence-corrected chi connectivity index (χ3v) is 6.20. The van der Waals surface area contributed by atoms with Gasteiger partial charge in [-0.05, 0) is 43.7 Å². The molecule has 1 amide bonds. The quantitative estimate of drug-likeness (QED) is 0.310. The van der Waals surface area contributed by atoms with Gasteiger partial charge in [0, 0.05) is 29.7 Å². The maximum atomic E-state index is 14.7. The van der Waals surface area contributed by atoms with E-state index in [1.807, 2.05) is 19.1 Å². The van der Waals surface area contributed by atoms with Crippen LogP contribution < -0.4 is 14.8 Å². The summed E-state index contributed by atoms with van der Waals surface area (Å²) >= 11 is 1.28. The van der Waals surface area contributed by atoms with Crippen molar-refractivity contribution in [3.8, 4) is 22.3 Å². The van der Waals surface area contributed by atoms with Crippen LogP contribution >= 0.6 is 11.3 Å². The van der Waals surface area contributed by atoms with Crippen LogP contribution in [-0.4, -0.2) is 50.8 Å². The molecule has 0 saturated carbocycles. The highest BCUT2D eigenvalue weighted by Gasteiger charge is 2.18. The molecule has 0 fully saturated rings. The van der Waals surface area contributed by atoms with E-state index in [0.717, 1.165) is 11.1 Å². The molecule has 1 unspecified atom stereocenters. The summed E-state index contributed by atoms with van der Waals surface area (Å²) in [5, 5.41) is 3.20. The lowest BCUT2D eigenvalue weighted by Crippen LogP contribution is -2.25. The van der Waals surface area contributed by atoms with E-state index in [4.69, 9.17) is 14.2 Å². The molecule has 37 heavy (non-hydrogen) atoms. The third kappa shape index (κ3) is 5.38. The number of rotatable bonds is 7. The lowest BCUT2D eigenvalue weighted by Gasteiger charge is -2.14. The van der Waals surface area contributed by atoms with Gasteiger partial charge in [-0.1, -0.05) is 11.3 Å². The molecule has 0 aliphatic heterocycles. The number of halogens is 1. The number of benzene rings is 1. The lowest BCUT2D eigenvalue weighted by molar-refractivity contribution is 0.0827. The highest BCUT2D eigenvalue weighted by molar-refractivity contribution is 7.21. The van der Waals surface area contributed by atoms with Crippen molar-refractivity contribution in [1.82, 2.24) is 24.9 Å². The average molecular weight is 521 g/mol. The van der Waals surface area contributed by atoms with Crippen LogP contribution in [0.4, 0.5) is 14.9 Å². The number of aromatic nitrogens is 5. The second-order valence-corrected chi connectivity index (χ2v) is 9.08. The van der Waals surface area contributed by atoms with Crippen LogP contribution in [0.25, 0.3) is 32.0 Å². The van der Waals surface area contributed by atoms with Gasteiger partial charge < -0.3 is 14.2 Å². The Bertz CT molecular complexity index is 1600. The van der Waals surface area contributed by atoms with Gasteiger partial charge in [-0.15, -0.1) is 0 Å². The van der Waals surface area contributed by atoms with Crippen molar-refractivity contribution in [3.05, 3.63) is 60.3 Å². The number of carbonyl (C=O) groups is 1. The van der Waals surface area contributed by atoms with Gasteiger partial charge in [-0.2, -0.15) is 4.98 Å². The van der Waals surface area contributed by atoms with Gasteiger partial charge in [-0.3, -0.25) is 10.3 Å². The Hall–Kier alpha value is -4.45. The fourth-order valence-corrected chi connectivity index (χ4v) is 4.48. The highest BCUT2D eigenvalue weighted by Crippen LogP contribution is 2.35. The predicted molar refractivity (Wildman–Crippen MR) is 136 cm³/mol. The zero-order chi connectivity index (χ0) is 25.9. The first-order valence-electron chi connectivity index (χ1n) is 11.2. The number of ether oxygens (including phenoxy) is 3. The van der Waals surface area contributed by atoms with Crippen molar-refractivity contribution in [2.45, 2.75) is 20.0 Å². The van der Waals surface area contributed by atoms with Crippen molar-refractivity contribution < 1.29 is 23.4 Å². The van der Waals surface area contributed by atoms with Crippen LogP contribution in [0.15, 0.2) is 48.9 Å². The summed E-state index contributed by atoms with van der Waals surface area (Å²) in [7, 11) is 1.53. The number of methoxy groups -OCH3 is 1. The average Bonchev–Trinajstić information content (AvgIpc) is 3.29. The van der Waals surface area contributed by atoms with E-state index >= 15 is 0 Å². The summed E-state index contributed by atoms with van der Waals surface area (Å²) in [4.78, 5) is 34.2. The predicted octanol–water partition coefficient (Wildman–Crippen LogP) is 5.17. The van der Waals surface area contributed by atoms with Gasteiger partial charge in [0.1, 0.15) is 28.1 Å². The molecule has 5 rings (SSSR count). The van der Waals surface area contributed by atoms with E-state index in [1.165, 1.54) is 24.5 Å². The minimum absolute atomic E-state index is 0.0925. The Balaban J connectivity index is 1.33. The van der Waals surface area contributed by atoms with Crippen molar-refractivity contribution >= 4 is 44.5 Å². The van der Waals surface area contributed by atoms with E-state index in [-0.39, 0.29) is 12.5 Å². The summed E-state index contributed by atoms with van der Waals surface area (Å²) in [6.07, 6.45) is 3.31. The van der Waals surface area contributed by atoms with E-state index in [1.54, 1.807) is 37.6 Å². The lowest BCUT2D eigenvalue weighted by atomic mass is 10.1. The molecule has 1 N–H and O–H groups in total. The van der Waals surface area contributed by atoms with Crippen molar-refractivity contribution in [2.75, 3.05) is 19.0 Å². The fraction of sp³-hybridized carbons (Fsp3) is 0.200. The molecular weight excluding hydrogens is 499 g/mol. The van der Waals surface area contributed by atoms with Gasteiger partial charge >= 0.3 is 6.09 Å². The molecule has 0 radical (unpaired) electrons. The van der Waals surface area contributed by atoms with E-state index in [0.29, 0.717) is 38.0 Å². The number of nitrogens with zero attached hydrogens (tertiary/aromatic N) is 5. The van der Waals surface area contributed by atoms with Crippen molar-refractivity contribution in [3.63, 3.8) is 0 Å². The molecule has 0 saturated heterocycles. The zero-order valence-electron chi connectivity index (χ0n) is 20.1. The molecule has 4 heterocycles. The monoisotopic (exact) mass is 520 g/mol. The largest absolute Gasteiger partial charge is 0.480 e. The van der Waals surface area contributed by atoms with Gasteiger partial charge in [0.2, 0.25) is 5.88 Å². The summed E-state index contributed by atoms with van der Waals surface area (Å²) < 4.78 is 30.7. The Morgan fingerprint density at radius 2 is 1.95 bits per heavy atom. The topological polar surface area (TPSA) is 121 Å². The molecular formula is C25H21FN6O4S. The third-order valence-electron chi connectivity index (χ3n) is 5.20. The molecule has 0 aliphatic carbocycles. The summed E-state index contributed by atoms with van der Waals surface area (Å²) in [5.74, 6) is -0.463. The number of hydrogen-bond donors (Lipinski definition) is 1. The Labute approximate surface area is 214 Å². The molecule has 4 aromatic heterocycles. The minimum atomic E-state index is -0.670. The molecule has 0 spiro atoms. The van der Waals surface area contributed by atoms with Crippen molar-refractivity contribution in [1.29, 1.82) is 0 Å². The summed E-state index contributed by atoms with van der Waals surface area (Å²) in [6.45, 7) is 3.48. The molecule has 1 atom stereocenters. The van der Waals surface area contributed by atoms with Gasteiger partial charge in [-0.25, -0.2) is 24.1 Å². The van der Waals surface area contributed by atoms with Crippen LogP contribution in [0.2, 0.25) is 0 Å². The first kappa shape index (κ1) is 24.3. The standard InChI is InChI=1S/C25H21FN6O4S/c1-13-8-16(21-18(9-13)30-20(34-3)11-28-21)23-31-19-10-17(26)22(32-24(19)37-23)35-12-14(2)36-25(33)29-15-4-6-27-7-5-15/h4-11,14H,12H2,1-3H3,(H,27,29,33). The maximum Gasteiger partial charge on any atom is 0.412 e. The Morgan fingerprint density at radius 1 is 1.14 bits per heavy atom. The number of fused-ring (bicyclic) bond motifs is 2. The van der Waals surface area contributed by atoms with Crippen LogP contribution in [0, 0.1) is 12.7 Å². The molecule has 5 aromatic rings. The SMILES string of the molecule is COc1cnc2c(-c3nc4cc(F)c(OCC(C)OC(=O)Nc5ccncc5)nc4s3)cc(C)cc2n1. The van der Waals surface area contributed by atoms with E-state index in [9.17, 15) is 9.18 Å². The van der Waals surface area contributed by atoms with Crippen LogP contribution in [-0.2, 0) is 4.74 Å². The molecule has 1 aromatic carbocycles. The first-order chi connectivity index (χ1) is 17.9. The molecule has 0 aliphatic rings. The van der Waals surface area contributed by atoms with Gasteiger partial charge in [0.25, 0.3) is 5.88 Å². The number of anilines is 1. The number of hydrogen-bond acceptors (Lipinski definition) is 10. The Kier molecular flexibility index (Phi) is 6.73. The van der Waals surface area contributed by atoms with Gasteiger partial charge in [0.05, 0.1) is 24.3 Å².